The lowest BCUT2D eigenvalue weighted by atomic mass is 9.94. The third-order valence-electron chi connectivity index (χ3n) is 6.72. The Hall–Kier alpha value is -3.09. The van der Waals surface area contributed by atoms with Crippen LogP contribution in [-0.4, -0.2) is 42.4 Å². The summed E-state index contributed by atoms with van der Waals surface area (Å²) >= 11 is 0. The highest BCUT2D eigenvalue weighted by atomic mass is 35.5. The molecule has 1 aliphatic carbocycles. The average Bonchev–Trinajstić information content (AvgIpc) is 3.12. The number of nitrogens with zero attached hydrogens (tertiary/aromatic N) is 2. The monoisotopic (exact) mass is 496 g/mol. The third kappa shape index (κ3) is 5.29. The van der Waals surface area contributed by atoms with Crippen LogP contribution in [0.4, 0.5) is 8.78 Å². The first-order valence-electron chi connectivity index (χ1n) is 11.6. The van der Waals surface area contributed by atoms with Crippen molar-refractivity contribution in [3.8, 4) is 5.75 Å². The van der Waals surface area contributed by atoms with Crippen LogP contribution < -0.4 is 4.74 Å². The van der Waals surface area contributed by atoms with Crippen molar-refractivity contribution in [2.24, 2.45) is 5.92 Å². The van der Waals surface area contributed by atoms with Gasteiger partial charge in [-0.25, -0.2) is 8.78 Å². The number of piperidine rings is 1. The van der Waals surface area contributed by atoms with Crippen LogP contribution in [0.25, 0.3) is 11.1 Å². The number of ketones is 1. The molecule has 2 aliphatic rings. The molecule has 0 bridgehead atoms. The zero-order chi connectivity index (χ0) is 23.7. The number of benzene rings is 2. The molecule has 0 atom stereocenters. The number of carbonyl (C=O) groups is 1. The van der Waals surface area contributed by atoms with Crippen molar-refractivity contribution in [3.63, 3.8) is 0 Å². The molecule has 1 fully saturated rings. The number of halogens is 3. The van der Waals surface area contributed by atoms with Gasteiger partial charge in [-0.15, -0.1) is 12.4 Å². The van der Waals surface area contributed by atoms with Gasteiger partial charge in [0, 0.05) is 40.7 Å². The van der Waals surface area contributed by atoms with E-state index in [4.69, 9.17) is 4.74 Å². The van der Waals surface area contributed by atoms with Crippen LogP contribution in [0.3, 0.4) is 0 Å². The van der Waals surface area contributed by atoms with Gasteiger partial charge in [-0.05, 0) is 92.8 Å². The Labute approximate surface area is 210 Å². The minimum Gasteiger partial charge on any atom is -0.494 e. The number of fused-ring (bicyclic) bond motifs is 1. The van der Waals surface area contributed by atoms with Crippen molar-refractivity contribution >= 4 is 29.3 Å². The molecule has 4 nitrogen and oxygen atoms in total. The molecule has 0 radical (unpaired) electrons. The molecule has 5 rings (SSSR count). The summed E-state index contributed by atoms with van der Waals surface area (Å²) in [5.74, 6) is -0.313. The highest BCUT2D eigenvalue weighted by molar-refractivity contribution is 6.41. The number of hydrogen-bond acceptors (Lipinski definition) is 4. The van der Waals surface area contributed by atoms with Gasteiger partial charge in [0.05, 0.1) is 6.61 Å². The van der Waals surface area contributed by atoms with Crippen LogP contribution >= 0.6 is 12.4 Å². The molecule has 3 aromatic rings. The molecule has 1 saturated heterocycles. The molecule has 1 aromatic heterocycles. The molecule has 1 aliphatic heterocycles. The summed E-state index contributed by atoms with van der Waals surface area (Å²) in [4.78, 5) is 20.0. The van der Waals surface area contributed by atoms with E-state index >= 15 is 0 Å². The molecule has 182 valence electrons. The Morgan fingerprint density at radius 1 is 0.971 bits per heavy atom. The maximum absolute atomic E-state index is 14.1. The second kappa shape index (κ2) is 10.7. The lowest BCUT2D eigenvalue weighted by molar-refractivity contribution is 0.105. The van der Waals surface area contributed by atoms with Crippen molar-refractivity contribution in [1.82, 2.24) is 9.88 Å². The molecule has 2 aromatic carbocycles. The minimum atomic E-state index is -0.692. The molecule has 0 saturated carbocycles. The van der Waals surface area contributed by atoms with E-state index in [1.807, 2.05) is 6.07 Å². The largest absolute Gasteiger partial charge is 0.494 e. The second-order valence-corrected chi connectivity index (χ2v) is 9.07. The predicted octanol–water partition coefficient (Wildman–Crippen LogP) is 6.05. The normalized spacial score (nSPS) is 16.3. The Bertz CT molecular complexity index is 1230. The van der Waals surface area contributed by atoms with E-state index in [0.717, 1.165) is 25.6 Å². The number of aromatic nitrogens is 1. The van der Waals surface area contributed by atoms with E-state index in [0.29, 0.717) is 51.7 Å². The van der Waals surface area contributed by atoms with Crippen molar-refractivity contribution in [1.29, 1.82) is 0 Å². The Morgan fingerprint density at radius 2 is 1.71 bits per heavy atom. The molecular weight excluding hydrogens is 470 g/mol. The summed E-state index contributed by atoms with van der Waals surface area (Å²) < 4.78 is 34.2. The van der Waals surface area contributed by atoms with Crippen LogP contribution in [0.5, 0.6) is 5.75 Å². The molecule has 0 amide bonds. The zero-order valence-corrected chi connectivity index (χ0v) is 20.3. The molecule has 0 unspecified atom stereocenters. The van der Waals surface area contributed by atoms with Gasteiger partial charge < -0.3 is 9.64 Å². The number of ether oxygens (including phenoxy) is 1. The summed E-state index contributed by atoms with van der Waals surface area (Å²) in [6, 6.07) is 12.2. The van der Waals surface area contributed by atoms with Crippen LogP contribution in [-0.2, 0) is 0 Å². The molecule has 0 spiro atoms. The average molecular weight is 497 g/mol. The fourth-order valence-corrected chi connectivity index (χ4v) is 4.88. The van der Waals surface area contributed by atoms with Crippen molar-refractivity contribution in [3.05, 3.63) is 94.8 Å². The summed E-state index contributed by atoms with van der Waals surface area (Å²) in [6.07, 6.45) is 6.54. The maximum Gasteiger partial charge on any atom is 0.195 e. The van der Waals surface area contributed by atoms with Gasteiger partial charge in [-0.3, -0.25) is 9.78 Å². The summed E-state index contributed by atoms with van der Waals surface area (Å²) in [5.41, 5.74) is 2.92. The SMILES string of the molecule is CN1CCC(CCOc2ccc3c(c2)C(=O)C(c2cccnc2)=C3c2cc(F)cc(F)c2)CC1.Cl. The van der Waals surface area contributed by atoms with Gasteiger partial charge >= 0.3 is 0 Å². The number of Topliss-reactive ketones (excluding diaryl/α,β-unsaturated/α-hetero) is 1. The van der Waals surface area contributed by atoms with Crippen molar-refractivity contribution in [2.75, 3.05) is 26.7 Å². The Kier molecular flexibility index (Phi) is 7.63. The van der Waals surface area contributed by atoms with Gasteiger partial charge in [0.15, 0.2) is 5.78 Å². The smallest absolute Gasteiger partial charge is 0.195 e. The van der Waals surface area contributed by atoms with E-state index < -0.39 is 11.6 Å². The summed E-state index contributed by atoms with van der Waals surface area (Å²) in [5, 5.41) is 0. The number of carbonyl (C=O) groups excluding carboxylic acids is 1. The van der Waals surface area contributed by atoms with Crippen LogP contribution in [0.2, 0.25) is 0 Å². The highest BCUT2D eigenvalue weighted by Crippen LogP contribution is 2.43. The van der Waals surface area contributed by atoms with Crippen molar-refractivity contribution < 1.29 is 18.3 Å². The molecule has 35 heavy (non-hydrogen) atoms. The van der Waals surface area contributed by atoms with Crippen LogP contribution in [0.15, 0.2) is 60.9 Å². The molecular formula is C28H27ClF2N2O2. The second-order valence-electron chi connectivity index (χ2n) is 9.07. The third-order valence-corrected chi connectivity index (χ3v) is 6.72. The lowest BCUT2D eigenvalue weighted by Gasteiger charge is -2.28. The first-order chi connectivity index (χ1) is 16.5. The number of rotatable bonds is 6. The quantitative estimate of drug-likeness (QED) is 0.417. The number of allylic oxidation sites excluding steroid dienone is 1. The van der Waals surface area contributed by atoms with Gasteiger partial charge in [0.25, 0.3) is 0 Å². The van der Waals surface area contributed by atoms with Crippen LogP contribution in [0.1, 0.15) is 46.3 Å². The van der Waals surface area contributed by atoms with Crippen molar-refractivity contribution in [2.45, 2.75) is 19.3 Å². The van der Waals surface area contributed by atoms with Crippen LogP contribution in [0, 0.1) is 17.6 Å². The predicted molar refractivity (Wildman–Crippen MR) is 135 cm³/mol. The van der Waals surface area contributed by atoms with E-state index in [9.17, 15) is 13.6 Å². The van der Waals surface area contributed by atoms with E-state index in [2.05, 4.69) is 16.9 Å². The fourth-order valence-electron chi connectivity index (χ4n) is 4.88. The number of likely N-dealkylation sites (tertiary alicyclic amines) is 1. The Morgan fingerprint density at radius 3 is 2.40 bits per heavy atom. The topological polar surface area (TPSA) is 42.4 Å². The number of pyridine rings is 1. The van der Waals surface area contributed by atoms with E-state index in [-0.39, 0.29) is 18.2 Å². The standard InChI is InChI=1S/C28H26F2N2O2.ClH/c1-32-10-6-18(7-11-32)8-12-34-23-4-5-24-25(16-23)28(33)27(19-3-2-9-31-17-19)26(24)20-13-21(29)15-22(30)14-20;/h2-5,9,13-18H,6-8,10-12H2,1H3;1H. The molecule has 2 heterocycles. The fraction of sp³-hybridized carbons (Fsp3) is 0.286. The Balaban J connectivity index is 0.00000289. The highest BCUT2D eigenvalue weighted by Gasteiger charge is 2.32. The summed E-state index contributed by atoms with van der Waals surface area (Å²) in [6.45, 7) is 2.82. The zero-order valence-electron chi connectivity index (χ0n) is 19.5. The van der Waals surface area contributed by atoms with E-state index in [1.54, 1.807) is 36.7 Å². The lowest BCUT2D eigenvalue weighted by Crippen LogP contribution is -2.30. The first kappa shape index (κ1) is 25.0. The summed E-state index contributed by atoms with van der Waals surface area (Å²) in [7, 11) is 2.15. The van der Waals surface area contributed by atoms with E-state index in [1.165, 1.54) is 25.0 Å². The van der Waals surface area contributed by atoms with Gasteiger partial charge in [0.2, 0.25) is 0 Å². The first-order valence-corrected chi connectivity index (χ1v) is 11.6. The van der Waals surface area contributed by atoms with Gasteiger partial charge in [-0.2, -0.15) is 0 Å². The molecule has 7 heteroatoms. The van der Waals surface area contributed by atoms with Gasteiger partial charge in [0.1, 0.15) is 17.4 Å². The molecule has 0 N–H and O–H groups in total. The minimum absolute atomic E-state index is 0. The number of hydrogen-bond donors (Lipinski definition) is 0. The maximum atomic E-state index is 14.1. The van der Waals surface area contributed by atoms with Gasteiger partial charge in [-0.1, -0.05) is 6.07 Å².